The van der Waals surface area contributed by atoms with Crippen LogP contribution in [0, 0.1) is 5.92 Å². The van der Waals surface area contributed by atoms with Crippen molar-refractivity contribution in [2.45, 2.75) is 25.7 Å². The lowest BCUT2D eigenvalue weighted by atomic mass is 9.91. The minimum Gasteiger partial charge on any atom is -0.497 e. The minimum atomic E-state index is -4.40. The first-order valence-electron chi connectivity index (χ1n) is 13.4. The van der Waals surface area contributed by atoms with Gasteiger partial charge in [-0.3, -0.25) is 9.78 Å². The number of para-hydroxylation sites is 1. The number of carbonyl (C=O) groups is 1. The Morgan fingerprint density at radius 3 is 2.41 bits per heavy atom. The Labute approximate surface area is 237 Å². The van der Waals surface area contributed by atoms with Crippen molar-refractivity contribution in [3.63, 3.8) is 0 Å². The Kier molecular flexibility index (Phi) is 7.91. The molecule has 1 aliphatic heterocycles. The van der Waals surface area contributed by atoms with Gasteiger partial charge in [-0.05, 0) is 49.9 Å². The number of fused-ring (bicyclic) bond motifs is 1. The Morgan fingerprint density at radius 2 is 1.78 bits per heavy atom. The number of benzene rings is 3. The fraction of sp³-hybridized carbons (Fsp3) is 0.312. The van der Waals surface area contributed by atoms with E-state index in [-0.39, 0.29) is 11.9 Å². The zero-order valence-electron chi connectivity index (χ0n) is 23.4. The summed E-state index contributed by atoms with van der Waals surface area (Å²) in [6.07, 6.45) is -2.85. The first-order valence-corrected chi connectivity index (χ1v) is 13.4. The molecule has 9 heteroatoms. The number of pyridine rings is 1. The molecule has 0 aliphatic carbocycles. The highest BCUT2D eigenvalue weighted by Gasteiger charge is 2.35. The van der Waals surface area contributed by atoms with Gasteiger partial charge in [0.25, 0.3) is 5.91 Å². The molecule has 1 aliphatic rings. The Hall–Kier alpha value is -4.11. The number of halogens is 3. The summed E-state index contributed by atoms with van der Waals surface area (Å²) in [6, 6.07) is 17.8. The van der Waals surface area contributed by atoms with Gasteiger partial charge in [0.05, 0.1) is 30.9 Å². The molecule has 1 saturated heterocycles. The molecule has 0 spiro atoms. The molecule has 0 saturated carbocycles. The van der Waals surface area contributed by atoms with Crippen LogP contribution in [0.5, 0.6) is 11.5 Å². The first kappa shape index (κ1) is 28.4. The molecule has 0 radical (unpaired) electrons. The van der Waals surface area contributed by atoms with Crippen molar-refractivity contribution in [3.8, 4) is 22.6 Å². The first-order chi connectivity index (χ1) is 19.6. The molecule has 214 valence electrons. The third-order valence-electron chi connectivity index (χ3n) is 7.84. The number of alkyl halides is 3. The van der Waals surface area contributed by atoms with E-state index >= 15 is 0 Å². The maximum absolute atomic E-state index is 14.1. The van der Waals surface area contributed by atoms with Crippen LogP contribution in [0.15, 0.2) is 72.9 Å². The number of rotatable bonds is 8. The average molecular weight is 564 g/mol. The highest BCUT2D eigenvalue weighted by Crippen LogP contribution is 2.34. The normalized spacial score (nSPS) is 14.9. The summed E-state index contributed by atoms with van der Waals surface area (Å²) >= 11 is 0. The molecular formula is C32H32F3N3O3. The predicted molar refractivity (Wildman–Crippen MR) is 152 cm³/mol. The summed E-state index contributed by atoms with van der Waals surface area (Å²) in [6.45, 7) is 4.22. The largest absolute Gasteiger partial charge is 0.497 e. The van der Waals surface area contributed by atoms with Crippen LogP contribution in [-0.4, -0.2) is 61.1 Å². The van der Waals surface area contributed by atoms with E-state index in [1.165, 1.54) is 12.1 Å². The minimum absolute atomic E-state index is 0.0420. The van der Waals surface area contributed by atoms with E-state index in [9.17, 15) is 18.0 Å². The number of aromatic nitrogens is 1. The number of ether oxygens (including phenoxy) is 2. The van der Waals surface area contributed by atoms with Gasteiger partial charge in [0.15, 0.2) is 0 Å². The Balaban J connectivity index is 1.48. The number of amides is 1. The molecule has 0 N–H and O–H groups in total. The van der Waals surface area contributed by atoms with Crippen LogP contribution in [0.3, 0.4) is 0 Å². The highest BCUT2D eigenvalue weighted by atomic mass is 19.4. The fourth-order valence-electron chi connectivity index (χ4n) is 5.39. The predicted octanol–water partition coefficient (Wildman–Crippen LogP) is 6.53. The van der Waals surface area contributed by atoms with Gasteiger partial charge >= 0.3 is 6.18 Å². The molecule has 6 nitrogen and oxygen atoms in total. The summed E-state index contributed by atoms with van der Waals surface area (Å²) in [5, 5.41) is 0.728. The summed E-state index contributed by atoms with van der Waals surface area (Å²) in [7, 11) is 5.24. The second-order valence-electron chi connectivity index (χ2n) is 10.5. The van der Waals surface area contributed by atoms with Crippen molar-refractivity contribution in [3.05, 3.63) is 89.6 Å². The van der Waals surface area contributed by atoms with Crippen LogP contribution in [0.25, 0.3) is 22.0 Å². The molecule has 5 rings (SSSR count). The second-order valence-corrected chi connectivity index (χ2v) is 10.5. The van der Waals surface area contributed by atoms with Crippen molar-refractivity contribution >= 4 is 16.8 Å². The summed E-state index contributed by atoms with van der Waals surface area (Å²) in [5.74, 6) is 1.48. The van der Waals surface area contributed by atoms with Crippen molar-refractivity contribution in [1.29, 1.82) is 0 Å². The lowest BCUT2D eigenvalue weighted by molar-refractivity contribution is -0.137. The average Bonchev–Trinajstić information content (AvgIpc) is 2.96. The molecule has 1 fully saturated rings. The molecule has 4 aromatic rings. The van der Waals surface area contributed by atoms with E-state index in [2.05, 4.69) is 23.9 Å². The topological polar surface area (TPSA) is 54.9 Å². The van der Waals surface area contributed by atoms with E-state index in [0.29, 0.717) is 46.2 Å². The number of nitrogens with zero attached hydrogens (tertiary/aromatic N) is 3. The van der Waals surface area contributed by atoms with E-state index in [1.807, 2.05) is 35.2 Å². The lowest BCUT2D eigenvalue weighted by Gasteiger charge is -2.44. The van der Waals surface area contributed by atoms with Gasteiger partial charge in [-0.25, -0.2) is 0 Å². The SMILES string of the molecule is COc1ccc(CN(C(=O)c2cnc3c(-c4ccc(C(F)(F)F)cc4)cccc3c2)C(C)C2CN(C)C2)c(OC)c1. The standard InChI is InChI=1S/C32H32F3N3O3/c1-20(25-17-37(2)18-25)38(19-23-10-13-27(40-3)15-29(23)41-4)31(39)24-14-22-6-5-7-28(30(22)36-16-24)21-8-11-26(12-9-21)32(33,34)35/h5-16,20,25H,17-19H2,1-4H3. The number of carbonyl (C=O) groups excluding carboxylic acids is 1. The maximum Gasteiger partial charge on any atom is 0.416 e. The Morgan fingerprint density at radius 1 is 1.05 bits per heavy atom. The molecule has 1 aromatic heterocycles. The van der Waals surface area contributed by atoms with Gasteiger partial charge in [-0.2, -0.15) is 13.2 Å². The molecule has 41 heavy (non-hydrogen) atoms. The van der Waals surface area contributed by atoms with Crippen molar-refractivity contribution in [2.75, 3.05) is 34.4 Å². The van der Waals surface area contributed by atoms with Crippen molar-refractivity contribution in [2.24, 2.45) is 5.92 Å². The second kappa shape index (κ2) is 11.4. The molecule has 3 aromatic carbocycles. The van der Waals surface area contributed by atoms with Gasteiger partial charge in [0.2, 0.25) is 0 Å². The van der Waals surface area contributed by atoms with Crippen LogP contribution in [0.2, 0.25) is 0 Å². The molecule has 0 bridgehead atoms. The molecule has 1 amide bonds. The summed E-state index contributed by atoms with van der Waals surface area (Å²) in [5.41, 5.74) is 2.52. The van der Waals surface area contributed by atoms with Crippen LogP contribution in [0.1, 0.15) is 28.4 Å². The third kappa shape index (κ3) is 5.86. The number of hydrogen-bond donors (Lipinski definition) is 0. The quantitative estimate of drug-likeness (QED) is 0.244. The molecular weight excluding hydrogens is 531 g/mol. The monoisotopic (exact) mass is 563 g/mol. The Bertz CT molecular complexity index is 1550. The van der Waals surface area contributed by atoms with Crippen molar-refractivity contribution < 1.29 is 27.4 Å². The van der Waals surface area contributed by atoms with Gasteiger partial charge in [0.1, 0.15) is 11.5 Å². The molecule has 1 unspecified atom stereocenters. The zero-order valence-corrected chi connectivity index (χ0v) is 23.4. The third-order valence-corrected chi connectivity index (χ3v) is 7.84. The van der Waals surface area contributed by atoms with Crippen LogP contribution >= 0.6 is 0 Å². The van der Waals surface area contributed by atoms with Gasteiger partial charge in [0, 0.05) is 60.4 Å². The summed E-state index contributed by atoms with van der Waals surface area (Å²) in [4.78, 5) is 22.8. The van der Waals surface area contributed by atoms with Crippen LogP contribution < -0.4 is 9.47 Å². The zero-order chi connectivity index (χ0) is 29.3. The number of likely N-dealkylation sites (tertiary alicyclic amines) is 1. The van der Waals surface area contributed by atoms with Gasteiger partial charge < -0.3 is 19.3 Å². The highest BCUT2D eigenvalue weighted by molar-refractivity contribution is 6.00. The smallest absolute Gasteiger partial charge is 0.416 e. The van der Waals surface area contributed by atoms with Gasteiger partial charge in [-0.15, -0.1) is 0 Å². The number of hydrogen-bond acceptors (Lipinski definition) is 5. The van der Waals surface area contributed by atoms with E-state index in [1.54, 1.807) is 32.5 Å². The van der Waals surface area contributed by atoms with E-state index in [4.69, 9.17) is 9.47 Å². The van der Waals surface area contributed by atoms with E-state index < -0.39 is 11.7 Å². The van der Waals surface area contributed by atoms with E-state index in [0.717, 1.165) is 36.2 Å². The number of methoxy groups -OCH3 is 2. The lowest BCUT2D eigenvalue weighted by Crippen LogP contribution is -2.55. The fourth-order valence-corrected chi connectivity index (χ4v) is 5.39. The molecule has 1 atom stereocenters. The van der Waals surface area contributed by atoms with Crippen LogP contribution in [0.4, 0.5) is 13.2 Å². The summed E-state index contributed by atoms with van der Waals surface area (Å²) < 4.78 is 50.1. The van der Waals surface area contributed by atoms with Crippen LogP contribution in [-0.2, 0) is 12.7 Å². The maximum atomic E-state index is 14.1. The van der Waals surface area contributed by atoms with Crippen molar-refractivity contribution in [1.82, 2.24) is 14.8 Å². The molecule has 2 heterocycles. The van der Waals surface area contributed by atoms with Gasteiger partial charge in [-0.1, -0.05) is 30.3 Å².